The third kappa shape index (κ3) is 4.25. The normalized spacial score (nSPS) is 21.2. The number of hydrogen-bond acceptors (Lipinski definition) is 5. The van der Waals surface area contributed by atoms with Crippen LogP contribution in [0.3, 0.4) is 0 Å². The zero-order chi connectivity index (χ0) is 22.2. The predicted octanol–water partition coefficient (Wildman–Crippen LogP) is 4.51. The molecule has 0 unspecified atom stereocenters. The number of aromatic nitrogens is 2. The van der Waals surface area contributed by atoms with Crippen LogP contribution in [0.25, 0.3) is 0 Å². The number of benzene rings is 1. The molecule has 11 heteroatoms. The molecule has 0 radical (unpaired) electrons. The molecule has 0 spiro atoms. The molecule has 2 aromatic rings. The lowest BCUT2D eigenvalue weighted by Crippen LogP contribution is -2.48. The number of nitrogens with zero attached hydrogens (tertiary/aromatic N) is 3. The second kappa shape index (κ2) is 8.55. The van der Waals surface area contributed by atoms with E-state index in [9.17, 15) is 18.0 Å². The van der Waals surface area contributed by atoms with Crippen molar-refractivity contribution in [2.24, 2.45) is 4.99 Å². The summed E-state index contributed by atoms with van der Waals surface area (Å²) in [5.41, 5.74) is -1.84. The van der Waals surface area contributed by atoms with Gasteiger partial charge in [-0.3, -0.25) is 4.79 Å². The van der Waals surface area contributed by atoms with Gasteiger partial charge in [-0.05, 0) is 43.9 Å². The fourth-order valence-electron chi connectivity index (χ4n) is 3.83. The van der Waals surface area contributed by atoms with Crippen LogP contribution in [0.4, 0.5) is 13.2 Å². The lowest BCUT2D eigenvalue weighted by atomic mass is 9.68. The fourth-order valence-corrected chi connectivity index (χ4v) is 5.18. The van der Waals surface area contributed by atoms with Gasteiger partial charge in [0.25, 0.3) is 5.91 Å². The van der Waals surface area contributed by atoms with E-state index in [0.29, 0.717) is 18.1 Å². The molecule has 2 aliphatic rings. The minimum Gasteiger partial charge on any atom is -0.496 e. The second-order valence-corrected chi connectivity index (χ2v) is 9.09. The Morgan fingerprint density at radius 1 is 1.42 bits per heavy atom. The average molecular weight is 476 g/mol. The minimum absolute atomic E-state index is 0.0144. The van der Waals surface area contributed by atoms with Gasteiger partial charge in [0.1, 0.15) is 16.2 Å². The zero-order valence-corrected chi connectivity index (χ0v) is 18.3. The Hall–Kier alpha value is -1.91. The van der Waals surface area contributed by atoms with E-state index in [1.807, 2.05) is 0 Å². The van der Waals surface area contributed by atoms with Gasteiger partial charge in [-0.25, -0.2) is 4.68 Å². The highest BCUT2D eigenvalue weighted by atomic mass is 35.5. The highest BCUT2D eigenvalue weighted by Crippen LogP contribution is 2.54. The molecule has 1 saturated heterocycles. The van der Waals surface area contributed by atoms with Gasteiger partial charge in [-0.15, -0.1) is 0 Å². The summed E-state index contributed by atoms with van der Waals surface area (Å²) < 4.78 is 53.8. The Labute approximate surface area is 185 Å². The molecule has 4 rings (SSSR count). The number of carbonyl (C=O) groups excluding carboxylic acids is 1. The van der Waals surface area contributed by atoms with Crippen molar-refractivity contribution < 1.29 is 27.4 Å². The van der Waals surface area contributed by atoms with Crippen LogP contribution in [0.1, 0.15) is 47.5 Å². The van der Waals surface area contributed by atoms with Gasteiger partial charge in [0.2, 0.25) is 4.80 Å². The molecule has 168 valence electrons. The van der Waals surface area contributed by atoms with E-state index in [1.54, 1.807) is 6.07 Å². The van der Waals surface area contributed by atoms with Crippen LogP contribution in [0.5, 0.6) is 5.75 Å². The van der Waals surface area contributed by atoms with E-state index in [0.717, 1.165) is 24.2 Å². The average Bonchev–Trinajstić information content (AvgIpc) is 3.30. The Bertz CT molecular complexity index is 1040. The summed E-state index contributed by atoms with van der Waals surface area (Å²) in [6.45, 7) is 0.836. The van der Waals surface area contributed by atoms with Crippen molar-refractivity contribution in [3.05, 3.63) is 38.6 Å². The molecule has 6 nitrogen and oxygen atoms in total. The summed E-state index contributed by atoms with van der Waals surface area (Å²) in [6, 6.07) is 4.53. The van der Waals surface area contributed by atoms with Gasteiger partial charge in [0.15, 0.2) is 0 Å². The van der Waals surface area contributed by atoms with Gasteiger partial charge >= 0.3 is 6.18 Å². The van der Waals surface area contributed by atoms with Gasteiger partial charge < -0.3 is 9.47 Å². The molecule has 2 fully saturated rings. The Balaban J connectivity index is 1.77. The molecule has 2 heterocycles. The van der Waals surface area contributed by atoms with Crippen LogP contribution < -0.4 is 9.54 Å². The number of methoxy groups -OCH3 is 1. The number of amides is 1. The molecular weight excluding hydrogens is 455 g/mol. The second-order valence-electron chi connectivity index (χ2n) is 7.70. The van der Waals surface area contributed by atoms with Crippen molar-refractivity contribution in [1.29, 1.82) is 0 Å². The molecule has 1 aromatic carbocycles. The first kappa shape index (κ1) is 22.3. The highest BCUT2D eigenvalue weighted by Gasteiger charge is 2.61. The third-order valence-corrected chi connectivity index (χ3v) is 7.15. The summed E-state index contributed by atoms with van der Waals surface area (Å²) in [5.74, 6) is -0.385. The van der Waals surface area contributed by atoms with E-state index in [4.69, 9.17) is 21.1 Å². The minimum atomic E-state index is -4.41. The Kier molecular flexibility index (Phi) is 6.15. The SMILES string of the molecule is COc1ccc(Cl)cc1C(=O)/N=c1\sc(C2(C(F)(F)F)CCC2)nn1C[C@H]1CCCO1. The van der Waals surface area contributed by atoms with E-state index in [2.05, 4.69) is 10.1 Å². The van der Waals surface area contributed by atoms with E-state index >= 15 is 0 Å². The maximum absolute atomic E-state index is 13.9. The summed E-state index contributed by atoms with van der Waals surface area (Å²) in [7, 11) is 1.41. The number of rotatable bonds is 5. The lowest BCUT2D eigenvalue weighted by molar-refractivity contribution is -0.213. The van der Waals surface area contributed by atoms with E-state index < -0.39 is 17.5 Å². The number of alkyl halides is 3. The molecular formula is C20H21ClF3N3O3S. The maximum Gasteiger partial charge on any atom is 0.400 e. The quantitative estimate of drug-likeness (QED) is 0.638. The first-order valence-corrected chi connectivity index (χ1v) is 11.1. The van der Waals surface area contributed by atoms with Crippen LogP contribution in [0, 0.1) is 0 Å². The zero-order valence-electron chi connectivity index (χ0n) is 16.7. The largest absolute Gasteiger partial charge is 0.496 e. The lowest BCUT2D eigenvalue weighted by Gasteiger charge is -2.40. The molecule has 1 amide bonds. The van der Waals surface area contributed by atoms with Crippen molar-refractivity contribution in [1.82, 2.24) is 9.78 Å². The van der Waals surface area contributed by atoms with Gasteiger partial charge in [0.05, 0.1) is 25.3 Å². The van der Waals surface area contributed by atoms with Gasteiger partial charge in [-0.1, -0.05) is 29.4 Å². The molecule has 0 N–H and O–H groups in total. The van der Waals surface area contributed by atoms with Crippen molar-refractivity contribution in [3.63, 3.8) is 0 Å². The molecule has 31 heavy (non-hydrogen) atoms. The monoisotopic (exact) mass is 475 g/mol. The number of hydrogen-bond donors (Lipinski definition) is 0. The summed E-state index contributed by atoms with van der Waals surface area (Å²) in [6.07, 6.45) is -2.48. The number of carbonyl (C=O) groups is 1. The third-order valence-electron chi connectivity index (χ3n) is 5.77. The molecule has 1 atom stereocenters. The standard InChI is InChI=1S/C20H21ClF3N3O3S/c1-29-15-6-5-12(21)10-14(15)16(28)25-18-27(11-13-4-2-9-30-13)26-17(31-18)19(7-3-8-19)20(22,23)24/h5-6,10,13H,2-4,7-9,11H2,1H3/b25-18-/t13-/m1/s1. The Morgan fingerprint density at radius 2 is 2.19 bits per heavy atom. The Morgan fingerprint density at radius 3 is 2.77 bits per heavy atom. The van der Waals surface area contributed by atoms with Crippen LogP contribution in [-0.2, 0) is 16.7 Å². The molecule has 1 aliphatic heterocycles. The highest BCUT2D eigenvalue weighted by molar-refractivity contribution is 7.09. The van der Waals surface area contributed by atoms with Crippen molar-refractivity contribution in [2.75, 3.05) is 13.7 Å². The van der Waals surface area contributed by atoms with Crippen LogP contribution in [0.2, 0.25) is 5.02 Å². The molecule has 1 aromatic heterocycles. The van der Waals surface area contributed by atoms with Crippen LogP contribution >= 0.6 is 22.9 Å². The molecule has 0 bridgehead atoms. The van der Waals surface area contributed by atoms with Crippen molar-refractivity contribution >= 4 is 28.8 Å². The number of ether oxygens (including phenoxy) is 2. The van der Waals surface area contributed by atoms with Crippen molar-refractivity contribution in [3.8, 4) is 5.75 Å². The molecule has 1 aliphatic carbocycles. The molecule has 1 saturated carbocycles. The van der Waals surface area contributed by atoms with Crippen LogP contribution in [0.15, 0.2) is 23.2 Å². The number of halogens is 4. The van der Waals surface area contributed by atoms with Crippen LogP contribution in [-0.4, -0.2) is 41.7 Å². The first-order chi connectivity index (χ1) is 14.7. The first-order valence-electron chi connectivity index (χ1n) is 9.93. The van der Waals surface area contributed by atoms with Crippen molar-refractivity contribution in [2.45, 2.75) is 56.3 Å². The van der Waals surface area contributed by atoms with Gasteiger partial charge in [-0.2, -0.15) is 23.3 Å². The van der Waals surface area contributed by atoms with E-state index in [1.165, 1.54) is 23.9 Å². The topological polar surface area (TPSA) is 65.7 Å². The van der Waals surface area contributed by atoms with Gasteiger partial charge in [0, 0.05) is 11.6 Å². The fraction of sp³-hybridized carbons (Fsp3) is 0.550. The maximum atomic E-state index is 13.9. The van der Waals surface area contributed by atoms with E-state index in [-0.39, 0.29) is 46.6 Å². The summed E-state index contributed by atoms with van der Waals surface area (Å²) >= 11 is 6.81. The smallest absolute Gasteiger partial charge is 0.400 e. The summed E-state index contributed by atoms with van der Waals surface area (Å²) in [4.78, 5) is 17.1. The predicted molar refractivity (Wildman–Crippen MR) is 109 cm³/mol. The summed E-state index contributed by atoms with van der Waals surface area (Å²) in [5, 5.41) is 4.53.